The average molecular weight is 435 g/mol. The second kappa shape index (κ2) is 6.46. The van der Waals surface area contributed by atoms with E-state index in [0.29, 0.717) is 0 Å². The lowest BCUT2D eigenvalue weighted by molar-refractivity contribution is -0.310. The van der Waals surface area contributed by atoms with E-state index >= 15 is 0 Å². The van der Waals surface area contributed by atoms with E-state index in [0.717, 1.165) is 16.6 Å². The van der Waals surface area contributed by atoms with Gasteiger partial charge >= 0.3 is 0 Å². The molecule has 0 unspecified atom stereocenters. The molecule has 8 rings (SSSR count). The molecule has 3 heterocycles. The number of hydrogen-bond donors (Lipinski definition) is 2. The summed E-state index contributed by atoms with van der Waals surface area (Å²) in [6, 6.07) is 36.9. The van der Waals surface area contributed by atoms with Crippen LogP contribution in [-0.4, -0.2) is 9.97 Å². The van der Waals surface area contributed by atoms with Crippen LogP contribution in [0.25, 0.3) is 76.5 Å². The molecule has 0 bridgehead atoms. The van der Waals surface area contributed by atoms with Gasteiger partial charge in [-0.3, -0.25) is 0 Å². The van der Waals surface area contributed by atoms with Crippen molar-refractivity contribution < 1.29 is 4.98 Å². The van der Waals surface area contributed by atoms with Gasteiger partial charge in [-0.2, -0.15) is 0 Å². The summed E-state index contributed by atoms with van der Waals surface area (Å²) in [6.07, 6.45) is 0. The van der Waals surface area contributed by atoms with Gasteiger partial charge < -0.3 is 9.97 Å². The first-order valence-electron chi connectivity index (χ1n) is 11.6. The van der Waals surface area contributed by atoms with Gasteiger partial charge in [0.1, 0.15) is 0 Å². The standard InChI is InChI=1S/C31H19N3/c1-3-12-25-19(7-1)21-11-5-10-20(31(21)34-25)18-9-6-14-27-23(18)17-24-28(32-27)15-16-29-30(24)22-8-2-4-13-26(22)33-29/h1-17,33-34H/p+1. The second-order valence-electron chi connectivity index (χ2n) is 9.05. The molecule has 0 amide bonds. The Morgan fingerprint density at radius 2 is 1.15 bits per heavy atom. The molecule has 0 aliphatic rings. The molecule has 0 saturated heterocycles. The maximum Gasteiger partial charge on any atom is 0.212 e. The number of hydrogen-bond acceptors (Lipinski definition) is 0. The first-order chi connectivity index (χ1) is 16.8. The third-order valence-electron chi connectivity index (χ3n) is 7.21. The molecule has 3 N–H and O–H groups in total. The van der Waals surface area contributed by atoms with Crippen LogP contribution in [0.15, 0.2) is 103 Å². The van der Waals surface area contributed by atoms with E-state index in [1.807, 2.05) is 0 Å². The summed E-state index contributed by atoms with van der Waals surface area (Å²) in [7, 11) is 0. The molecule has 0 atom stereocenters. The zero-order valence-corrected chi connectivity index (χ0v) is 18.3. The van der Waals surface area contributed by atoms with Gasteiger partial charge in [0.25, 0.3) is 0 Å². The molecule has 3 aromatic heterocycles. The summed E-state index contributed by atoms with van der Waals surface area (Å²) < 4.78 is 0. The van der Waals surface area contributed by atoms with Gasteiger partial charge in [0, 0.05) is 55.8 Å². The van der Waals surface area contributed by atoms with Crippen LogP contribution in [0.4, 0.5) is 0 Å². The lowest BCUT2D eigenvalue weighted by atomic mass is 9.96. The van der Waals surface area contributed by atoms with Crippen molar-refractivity contribution in [2.24, 2.45) is 0 Å². The molecule has 3 heteroatoms. The largest absolute Gasteiger partial charge is 0.354 e. The van der Waals surface area contributed by atoms with E-state index in [9.17, 15) is 0 Å². The quantitative estimate of drug-likeness (QED) is 0.248. The number of aromatic amines is 3. The summed E-state index contributed by atoms with van der Waals surface area (Å²) in [5, 5.41) is 7.50. The second-order valence-corrected chi connectivity index (χ2v) is 9.05. The van der Waals surface area contributed by atoms with E-state index < -0.39 is 0 Å². The topological polar surface area (TPSA) is 45.7 Å². The van der Waals surface area contributed by atoms with Gasteiger partial charge in [-0.05, 0) is 29.8 Å². The Balaban J connectivity index is 1.51. The molecule has 0 spiro atoms. The summed E-state index contributed by atoms with van der Waals surface area (Å²) in [4.78, 5) is 11.0. The van der Waals surface area contributed by atoms with Crippen LogP contribution in [0.2, 0.25) is 0 Å². The van der Waals surface area contributed by atoms with Crippen LogP contribution in [0, 0.1) is 0 Å². The van der Waals surface area contributed by atoms with Crippen LogP contribution in [0.1, 0.15) is 0 Å². The summed E-state index contributed by atoms with van der Waals surface area (Å²) in [5.41, 5.74) is 9.41. The zero-order valence-electron chi connectivity index (χ0n) is 18.3. The van der Waals surface area contributed by atoms with Crippen molar-refractivity contribution in [3.8, 4) is 11.1 Å². The van der Waals surface area contributed by atoms with Crippen molar-refractivity contribution in [1.82, 2.24) is 9.97 Å². The van der Waals surface area contributed by atoms with Crippen molar-refractivity contribution in [2.45, 2.75) is 0 Å². The number of para-hydroxylation sites is 3. The lowest BCUT2D eigenvalue weighted by Crippen LogP contribution is -2.05. The van der Waals surface area contributed by atoms with Crippen LogP contribution < -0.4 is 4.98 Å². The fraction of sp³-hybridized carbons (Fsp3) is 0. The number of fused-ring (bicyclic) bond motifs is 9. The molecule has 3 nitrogen and oxygen atoms in total. The number of benzene rings is 5. The molecule has 0 fully saturated rings. The molecule has 5 aromatic carbocycles. The zero-order chi connectivity index (χ0) is 22.2. The molecule has 0 aliphatic heterocycles. The molecular weight excluding hydrogens is 414 g/mol. The first-order valence-corrected chi connectivity index (χ1v) is 11.6. The van der Waals surface area contributed by atoms with Gasteiger partial charge in [0.15, 0.2) is 0 Å². The first kappa shape index (κ1) is 17.9. The van der Waals surface area contributed by atoms with Crippen LogP contribution >= 0.6 is 0 Å². The predicted molar refractivity (Wildman–Crippen MR) is 142 cm³/mol. The SMILES string of the molecule is c1ccc2c(c1)[nH]c1c(-c3cccc4[nH+]c5ccc6[nH]c7ccccc7c6c5cc34)cccc12. The Kier molecular flexibility index (Phi) is 3.39. The van der Waals surface area contributed by atoms with E-state index in [-0.39, 0.29) is 0 Å². The highest BCUT2D eigenvalue weighted by atomic mass is 14.7. The Bertz CT molecular complexity index is 2070. The minimum absolute atomic E-state index is 1.14. The van der Waals surface area contributed by atoms with Crippen LogP contribution in [0.3, 0.4) is 0 Å². The van der Waals surface area contributed by atoms with Crippen LogP contribution in [0.5, 0.6) is 0 Å². The summed E-state index contributed by atoms with van der Waals surface area (Å²) in [5.74, 6) is 0. The fourth-order valence-corrected chi connectivity index (χ4v) is 5.68. The summed E-state index contributed by atoms with van der Waals surface area (Å²) >= 11 is 0. The number of pyridine rings is 1. The minimum Gasteiger partial charge on any atom is -0.354 e. The maximum atomic E-state index is 3.72. The van der Waals surface area contributed by atoms with Crippen molar-refractivity contribution in [2.75, 3.05) is 0 Å². The number of rotatable bonds is 1. The van der Waals surface area contributed by atoms with Gasteiger partial charge in [0.2, 0.25) is 11.0 Å². The third-order valence-corrected chi connectivity index (χ3v) is 7.21. The maximum absolute atomic E-state index is 3.72. The lowest BCUT2D eigenvalue weighted by Gasteiger charge is -2.07. The molecule has 0 saturated carbocycles. The van der Waals surface area contributed by atoms with Crippen molar-refractivity contribution in [1.29, 1.82) is 0 Å². The van der Waals surface area contributed by atoms with Crippen molar-refractivity contribution >= 4 is 65.4 Å². The van der Waals surface area contributed by atoms with E-state index in [4.69, 9.17) is 0 Å². The number of nitrogens with one attached hydrogen (secondary N) is 3. The molecule has 34 heavy (non-hydrogen) atoms. The van der Waals surface area contributed by atoms with E-state index in [1.54, 1.807) is 0 Å². The molecule has 0 aliphatic carbocycles. The van der Waals surface area contributed by atoms with Gasteiger partial charge in [-0.15, -0.1) is 0 Å². The van der Waals surface area contributed by atoms with Gasteiger partial charge in [-0.25, -0.2) is 4.98 Å². The Morgan fingerprint density at radius 1 is 0.441 bits per heavy atom. The van der Waals surface area contributed by atoms with Gasteiger partial charge in [-0.1, -0.05) is 66.7 Å². The van der Waals surface area contributed by atoms with Crippen molar-refractivity contribution in [3.63, 3.8) is 0 Å². The molecule has 0 radical (unpaired) electrons. The smallest absolute Gasteiger partial charge is 0.212 e. The highest BCUT2D eigenvalue weighted by molar-refractivity contribution is 6.21. The van der Waals surface area contributed by atoms with Crippen LogP contribution in [-0.2, 0) is 0 Å². The minimum atomic E-state index is 1.14. The summed E-state index contributed by atoms with van der Waals surface area (Å²) in [6.45, 7) is 0. The third kappa shape index (κ3) is 2.33. The predicted octanol–water partition coefficient (Wildman–Crippen LogP) is 7.74. The van der Waals surface area contributed by atoms with Crippen molar-refractivity contribution in [3.05, 3.63) is 103 Å². The molecule has 8 aromatic rings. The van der Waals surface area contributed by atoms with E-state index in [2.05, 4.69) is 118 Å². The average Bonchev–Trinajstić information content (AvgIpc) is 3.46. The highest BCUT2D eigenvalue weighted by Gasteiger charge is 2.17. The number of aromatic nitrogens is 3. The monoisotopic (exact) mass is 434 g/mol. The number of H-pyrrole nitrogens is 3. The molecule has 158 valence electrons. The highest BCUT2D eigenvalue weighted by Crippen LogP contribution is 2.38. The normalized spacial score (nSPS) is 12.1. The Labute approximate surface area is 194 Å². The Morgan fingerprint density at radius 3 is 2.06 bits per heavy atom. The molecular formula is C31H20N3+. The van der Waals surface area contributed by atoms with E-state index in [1.165, 1.54) is 60.0 Å². The van der Waals surface area contributed by atoms with Gasteiger partial charge in [0.05, 0.1) is 16.3 Å². The Hall–Kier alpha value is -4.63. The fourth-order valence-electron chi connectivity index (χ4n) is 5.68.